The predicted octanol–water partition coefficient (Wildman–Crippen LogP) is 5.94. The van der Waals surface area contributed by atoms with E-state index in [0.717, 1.165) is 0 Å². The van der Waals surface area contributed by atoms with Crippen LogP contribution in [-0.4, -0.2) is 30.5 Å². The molecule has 0 spiro atoms. The molecular formula is C22H20BrClF3N3O2. The van der Waals surface area contributed by atoms with Gasteiger partial charge >= 0.3 is 0 Å². The summed E-state index contributed by atoms with van der Waals surface area (Å²) in [5, 5.41) is 3.65. The standard InChI is InChI=1S/C22H20BrClF3N3O2/c1-12-19(31)18-13(6-9-28-15-3-5-17(24)29-20(15)23)14(25)2-4-16(18)32-21(12)30-10-7-22(26,27)8-11-30/h2-5,28H,6-11H2,1H3. The van der Waals surface area contributed by atoms with E-state index in [0.29, 0.717) is 22.0 Å². The van der Waals surface area contributed by atoms with Gasteiger partial charge in [0.05, 0.1) is 16.6 Å². The lowest BCUT2D eigenvalue weighted by Crippen LogP contribution is -2.40. The van der Waals surface area contributed by atoms with Crippen molar-refractivity contribution in [2.45, 2.75) is 32.1 Å². The van der Waals surface area contributed by atoms with Gasteiger partial charge in [-0.15, -0.1) is 0 Å². The first-order chi connectivity index (χ1) is 15.2. The Bertz CT molecular complexity index is 1230. The van der Waals surface area contributed by atoms with Crippen molar-refractivity contribution in [2.24, 2.45) is 0 Å². The number of benzene rings is 1. The number of fused-ring (bicyclic) bond motifs is 1. The molecule has 1 N–H and O–H groups in total. The lowest BCUT2D eigenvalue weighted by Gasteiger charge is -2.32. The molecule has 0 aliphatic carbocycles. The van der Waals surface area contributed by atoms with Crippen molar-refractivity contribution in [2.75, 3.05) is 29.9 Å². The number of piperidine rings is 1. The zero-order chi connectivity index (χ0) is 23.0. The van der Waals surface area contributed by atoms with E-state index >= 15 is 0 Å². The monoisotopic (exact) mass is 529 g/mol. The fraction of sp³-hybridized carbons (Fsp3) is 0.364. The molecule has 0 atom stereocenters. The van der Waals surface area contributed by atoms with E-state index in [4.69, 9.17) is 16.0 Å². The molecule has 1 saturated heterocycles. The Kier molecular flexibility index (Phi) is 6.40. The molecule has 32 heavy (non-hydrogen) atoms. The molecule has 1 aromatic carbocycles. The summed E-state index contributed by atoms with van der Waals surface area (Å²) in [6.45, 7) is 2.09. The van der Waals surface area contributed by atoms with Crippen molar-refractivity contribution < 1.29 is 17.6 Å². The second-order valence-corrected chi connectivity index (χ2v) is 8.89. The third-order valence-electron chi connectivity index (χ3n) is 5.60. The van der Waals surface area contributed by atoms with Crippen molar-refractivity contribution in [1.29, 1.82) is 0 Å². The van der Waals surface area contributed by atoms with E-state index in [2.05, 4.69) is 26.2 Å². The van der Waals surface area contributed by atoms with E-state index < -0.39 is 11.7 Å². The summed E-state index contributed by atoms with van der Waals surface area (Å²) >= 11 is 9.16. The SMILES string of the molecule is Cc1c(N2CCC(F)(F)CC2)oc2ccc(F)c(CCNc3ccc(Cl)nc3Br)c2c1=O. The molecular weight excluding hydrogens is 511 g/mol. The Hall–Kier alpha value is -2.26. The summed E-state index contributed by atoms with van der Waals surface area (Å²) < 4.78 is 48.2. The van der Waals surface area contributed by atoms with Gasteiger partial charge < -0.3 is 14.6 Å². The van der Waals surface area contributed by atoms with E-state index in [1.54, 1.807) is 24.0 Å². The highest BCUT2D eigenvalue weighted by Crippen LogP contribution is 2.33. The van der Waals surface area contributed by atoms with Crippen LogP contribution in [0.1, 0.15) is 24.0 Å². The van der Waals surface area contributed by atoms with Crippen molar-refractivity contribution in [3.63, 3.8) is 0 Å². The van der Waals surface area contributed by atoms with Gasteiger partial charge in [-0.1, -0.05) is 11.6 Å². The minimum Gasteiger partial charge on any atom is -0.440 e. The summed E-state index contributed by atoms with van der Waals surface area (Å²) in [6.07, 6.45) is -0.384. The maximum atomic E-state index is 14.7. The summed E-state index contributed by atoms with van der Waals surface area (Å²) in [4.78, 5) is 18.9. The zero-order valence-corrected chi connectivity index (χ0v) is 19.5. The van der Waals surface area contributed by atoms with Crippen LogP contribution in [0.2, 0.25) is 5.15 Å². The lowest BCUT2D eigenvalue weighted by atomic mass is 10.0. The number of hydrogen-bond donors (Lipinski definition) is 1. The number of anilines is 2. The van der Waals surface area contributed by atoms with Crippen LogP contribution in [0.25, 0.3) is 11.0 Å². The van der Waals surface area contributed by atoms with Gasteiger partial charge in [0, 0.05) is 38.0 Å². The number of pyridine rings is 1. The number of aromatic nitrogens is 1. The van der Waals surface area contributed by atoms with Gasteiger partial charge in [-0.05, 0) is 53.5 Å². The molecule has 0 amide bonds. The minimum atomic E-state index is -2.71. The third-order valence-corrected chi connectivity index (χ3v) is 6.41. The molecule has 0 bridgehead atoms. The van der Waals surface area contributed by atoms with Gasteiger partial charge in [-0.3, -0.25) is 4.79 Å². The van der Waals surface area contributed by atoms with E-state index in [9.17, 15) is 18.0 Å². The highest BCUT2D eigenvalue weighted by atomic mass is 79.9. The zero-order valence-electron chi connectivity index (χ0n) is 17.2. The normalized spacial score (nSPS) is 15.9. The van der Waals surface area contributed by atoms with Crippen LogP contribution in [0.3, 0.4) is 0 Å². The molecule has 5 nitrogen and oxygen atoms in total. The lowest BCUT2D eigenvalue weighted by molar-refractivity contribution is -0.0225. The Labute approximate surface area is 195 Å². The first kappa shape index (κ1) is 22.9. The molecule has 3 heterocycles. The predicted molar refractivity (Wildman–Crippen MR) is 123 cm³/mol. The summed E-state index contributed by atoms with van der Waals surface area (Å²) in [6, 6.07) is 6.03. The largest absolute Gasteiger partial charge is 0.440 e. The van der Waals surface area contributed by atoms with Crippen molar-refractivity contribution in [3.05, 3.63) is 61.2 Å². The van der Waals surface area contributed by atoms with E-state index in [-0.39, 0.29) is 65.8 Å². The number of alkyl halides is 2. The molecule has 0 unspecified atom stereocenters. The van der Waals surface area contributed by atoms with E-state index in [1.165, 1.54) is 12.1 Å². The Morgan fingerprint density at radius 3 is 2.66 bits per heavy atom. The molecule has 1 fully saturated rings. The topological polar surface area (TPSA) is 58.4 Å². The summed E-state index contributed by atoms with van der Waals surface area (Å²) in [7, 11) is 0. The molecule has 1 aliphatic rings. The van der Waals surface area contributed by atoms with Crippen LogP contribution in [-0.2, 0) is 6.42 Å². The maximum Gasteiger partial charge on any atom is 0.251 e. The van der Waals surface area contributed by atoms with Gasteiger partial charge in [0.25, 0.3) is 5.92 Å². The van der Waals surface area contributed by atoms with Crippen molar-refractivity contribution >= 4 is 50.1 Å². The highest BCUT2D eigenvalue weighted by molar-refractivity contribution is 9.10. The smallest absolute Gasteiger partial charge is 0.251 e. The summed E-state index contributed by atoms with van der Waals surface area (Å²) in [5.41, 5.74) is 1.08. The van der Waals surface area contributed by atoms with Crippen LogP contribution in [0.5, 0.6) is 0 Å². The van der Waals surface area contributed by atoms with Gasteiger partial charge in [0.1, 0.15) is 21.2 Å². The average molecular weight is 531 g/mol. The fourth-order valence-electron chi connectivity index (χ4n) is 3.85. The van der Waals surface area contributed by atoms with Crippen LogP contribution in [0.4, 0.5) is 24.7 Å². The first-order valence-electron chi connectivity index (χ1n) is 10.1. The molecule has 4 rings (SSSR count). The van der Waals surface area contributed by atoms with Gasteiger partial charge in [-0.2, -0.15) is 0 Å². The Balaban J connectivity index is 1.63. The Morgan fingerprint density at radius 2 is 1.97 bits per heavy atom. The van der Waals surface area contributed by atoms with E-state index in [1.807, 2.05) is 0 Å². The molecule has 1 aliphatic heterocycles. The third kappa shape index (κ3) is 4.59. The van der Waals surface area contributed by atoms with Crippen molar-refractivity contribution in [1.82, 2.24) is 4.98 Å². The molecule has 170 valence electrons. The number of hydrogen-bond acceptors (Lipinski definition) is 5. The first-order valence-corrected chi connectivity index (χ1v) is 11.3. The number of nitrogens with one attached hydrogen (secondary N) is 1. The number of rotatable bonds is 5. The van der Waals surface area contributed by atoms with Crippen LogP contribution in [0, 0.1) is 12.7 Å². The average Bonchev–Trinajstić information content (AvgIpc) is 2.74. The fourth-order valence-corrected chi connectivity index (χ4v) is 4.56. The number of halogens is 5. The quantitative estimate of drug-likeness (QED) is 0.414. The van der Waals surface area contributed by atoms with Crippen LogP contribution < -0.4 is 15.6 Å². The highest BCUT2D eigenvalue weighted by Gasteiger charge is 2.35. The number of nitrogens with zero attached hydrogens (tertiary/aromatic N) is 2. The van der Waals surface area contributed by atoms with Gasteiger partial charge in [0.15, 0.2) is 5.43 Å². The second-order valence-electron chi connectivity index (χ2n) is 7.75. The molecule has 3 aromatic rings. The molecule has 0 radical (unpaired) electrons. The molecule has 2 aromatic heterocycles. The van der Waals surface area contributed by atoms with Crippen molar-refractivity contribution in [3.8, 4) is 0 Å². The molecule has 0 saturated carbocycles. The maximum absolute atomic E-state index is 14.7. The second kappa shape index (κ2) is 8.94. The summed E-state index contributed by atoms with van der Waals surface area (Å²) in [5.74, 6) is -2.95. The van der Waals surface area contributed by atoms with Gasteiger partial charge in [0.2, 0.25) is 5.88 Å². The minimum absolute atomic E-state index is 0.0876. The van der Waals surface area contributed by atoms with Crippen LogP contribution in [0.15, 0.2) is 38.1 Å². The van der Waals surface area contributed by atoms with Gasteiger partial charge in [-0.25, -0.2) is 18.2 Å². The Morgan fingerprint density at radius 1 is 1.25 bits per heavy atom. The molecule has 10 heteroatoms. The van der Waals surface area contributed by atoms with Crippen LogP contribution >= 0.6 is 27.5 Å².